The van der Waals surface area contributed by atoms with Gasteiger partial charge in [-0.05, 0) is 13.3 Å². The fourth-order valence-corrected chi connectivity index (χ4v) is 1.45. The fourth-order valence-electron chi connectivity index (χ4n) is 1.45. The van der Waals surface area contributed by atoms with Crippen LogP contribution in [0.1, 0.15) is 42.2 Å². The van der Waals surface area contributed by atoms with Gasteiger partial charge in [-0.15, -0.1) is 6.58 Å². The van der Waals surface area contributed by atoms with Crippen LogP contribution in [0.15, 0.2) is 18.9 Å². The van der Waals surface area contributed by atoms with Gasteiger partial charge in [0.2, 0.25) is 0 Å². The van der Waals surface area contributed by atoms with Crippen LogP contribution in [-0.2, 0) is 6.54 Å². The zero-order chi connectivity index (χ0) is 10.6. The minimum Gasteiger partial charge on any atom is -0.298 e. The molecule has 0 aliphatic heterocycles. The lowest BCUT2D eigenvalue weighted by Gasteiger charge is -2.04. The molecule has 0 fully saturated rings. The SMILES string of the molecule is C=CCC(C)c1nn(CC)cc1C=O. The zero-order valence-electron chi connectivity index (χ0n) is 8.73. The van der Waals surface area contributed by atoms with E-state index in [0.29, 0.717) is 5.56 Å². The number of aryl methyl sites for hydroxylation is 1. The number of aromatic nitrogens is 2. The molecule has 0 N–H and O–H groups in total. The molecule has 0 bridgehead atoms. The van der Waals surface area contributed by atoms with Gasteiger partial charge in [-0.1, -0.05) is 13.0 Å². The molecule has 1 unspecified atom stereocenters. The third-order valence-corrected chi connectivity index (χ3v) is 2.26. The Morgan fingerprint density at radius 1 is 1.71 bits per heavy atom. The van der Waals surface area contributed by atoms with Crippen LogP contribution in [0.25, 0.3) is 0 Å². The molecule has 1 atom stereocenters. The van der Waals surface area contributed by atoms with E-state index in [0.717, 1.165) is 24.9 Å². The van der Waals surface area contributed by atoms with Gasteiger partial charge >= 0.3 is 0 Å². The summed E-state index contributed by atoms with van der Waals surface area (Å²) in [4.78, 5) is 10.8. The van der Waals surface area contributed by atoms with Gasteiger partial charge in [0.1, 0.15) is 0 Å². The lowest BCUT2D eigenvalue weighted by molar-refractivity contribution is 0.112. The second-order valence-corrected chi connectivity index (χ2v) is 3.37. The average Bonchev–Trinajstić information content (AvgIpc) is 2.61. The molecule has 0 aliphatic carbocycles. The molecule has 0 aromatic carbocycles. The molecule has 0 saturated heterocycles. The van der Waals surface area contributed by atoms with Crippen molar-refractivity contribution in [3.05, 3.63) is 30.1 Å². The number of nitrogens with zero attached hydrogens (tertiary/aromatic N) is 2. The van der Waals surface area contributed by atoms with Gasteiger partial charge in [0.15, 0.2) is 6.29 Å². The summed E-state index contributed by atoms with van der Waals surface area (Å²) in [6, 6.07) is 0. The Kier molecular flexibility index (Phi) is 3.63. The maximum atomic E-state index is 10.8. The fraction of sp³-hybridized carbons (Fsp3) is 0.455. The number of hydrogen-bond donors (Lipinski definition) is 0. The van der Waals surface area contributed by atoms with Crippen molar-refractivity contribution in [1.29, 1.82) is 0 Å². The van der Waals surface area contributed by atoms with Crippen molar-refractivity contribution in [3.8, 4) is 0 Å². The highest BCUT2D eigenvalue weighted by atomic mass is 16.1. The molecular formula is C11H16N2O. The van der Waals surface area contributed by atoms with E-state index in [1.54, 1.807) is 10.9 Å². The van der Waals surface area contributed by atoms with Crippen LogP contribution in [0.3, 0.4) is 0 Å². The van der Waals surface area contributed by atoms with Gasteiger partial charge in [0.25, 0.3) is 0 Å². The van der Waals surface area contributed by atoms with Crippen molar-refractivity contribution in [3.63, 3.8) is 0 Å². The first kappa shape index (κ1) is 10.7. The second-order valence-electron chi connectivity index (χ2n) is 3.37. The Labute approximate surface area is 84.4 Å². The normalized spacial score (nSPS) is 12.4. The number of rotatable bonds is 5. The number of aldehydes is 1. The maximum Gasteiger partial charge on any atom is 0.153 e. The molecule has 76 valence electrons. The van der Waals surface area contributed by atoms with E-state index in [4.69, 9.17) is 0 Å². The first-order chi connectivity index (χ1) is 6.72. The van der Waals surface area contributed by atoms with Crippen molar-refractivity contribution >= 4 is 6.29 Å². The number of allylic oxidation sites excluding steroid dienone is 1. The predicted molar refractivity (Wildman–Crippen MR) is 56.5 cm³/mol. The highest BCUT2D eigenvalue weighted by Gasteiger charge is 2.13. The lowest BCUT2D eigenvalue weighted by Crippen LogP contribution is -1.99. The zero-order valence-corrected chi connectivity index (χ0v) is 8.73. The van der Waals surface area contributed by atoms with E-state index in [2.05, 4.69) is 18.6 Å². The van der Waals surface area contributed by atoms with E-state index >= 15 is 0 Å². The summed E-state index contributed by atoms with van der Waals surface area (Å²) in [6.07, 6.45) is 5.36. The van der Waals surface area contributed by atoms with Crippen LogP contribution in [-0.4, -0.2) is 16.1 Å². The molecule has 1 aromatic heterocycles. The summed E-state index contributed by atoms with van der Waals surface area (Å²) in [5.41, 5.74) is 1.57. The molecule has 0 saturated carbocycles. The molecule has 0 amide bonds. The standard InChI is InChI=1S/C11H16N2O/c1-4-6-9(3)11-10(8-14)7-13(5-2)12-11/h4,7-9H,1,5-6H2,2-3H3. The molecule has 0 aliphatic rings. The quantitative estimate of drug-likeness (QED) is 0.530. The summed E-state index contributed by atoms with van der Waals surface area (Å²) in [5, 5.41) is 4.36. The molecule has 3 heteroatoms. The Bertz CT molecular complexity index is 328. The van der Waals surface area contributed by atoms with Gasteiger partial charge in [0.05, 0.1) is 11.3 Å². The average molecular weight is 192 g/mol. The molecule has 3 nitrogen and oxygen atoms in total. The van der Waals surface area contributed by atoms with Gasteiger partial charge < -0.3 is 0 Å². The van der Waals surface area contributed by atoms with Crippen molar-refractivity contribution in [2.24, 2.45) is 0 Å². The van der Waals surface area contributed by atoms with Crippen molar-refractivity contribution in [2.45, 2.75) is 32.7 Å². The Hall–Kier alpha value is -1.38. The molecule has 1 aromatic rings. The topological polar surface area (TPSA) is 34.9 Å². The summed E-state index contributed by atoms with van der Waals surface area (Å²) < 4.78 is 1.79. The van der Waals surface area contributed by atoms with E-state index in [1.807, 2.05) is 13.0 Å². The second kappa shape index (κ2) is 4.74. The van der Waals surface area contributed by atoms with Crippen LogP contribution < -0.4 is 0 Å². The van der Waals surface area contributed by atoms with Gasteiger partial charge in [-0.25, -0.2) is 0 Å². The summed E-state index contributed by atoms with van der Waals surface area (Å²) in [5.74, 6) is 0.264. The molecule has 0 spiro atoms. The Balaban J connectivity index is 2.98. The lowest BCUT2D eigenvalue weighted by atomic mass is 10.0. The van der Waals surface area contributed by atoms with Crippen molar-refractivity contribution in [2.75, 3.05) is 0 Å². The van der Waals surface area contributed by atoms with Crippen LogP contribution >= 0.6 is 0 Å². The predicted octanol–water partition coefficient (Wildman–Crippen LogP) is 2.40. The smallest absolute Gasteiger partial charge is 0.153 e. The Morgan fingerprint density at radius 3 is 2.93 bits per heavy atom. The summed E-state index contributed by atoms with van der Waals surface area (Å²) in [6.45, 7) is 8.54. The summed E-state index contributed by atoms with van der Waals surface area (Å²) >= 11 is 0. The number of hydrogen-bond acceptors (Lipinski definition) is 2. The highest BCUT2D eigenvalue weighted by Crippen LogP contribution is 2.20. The van der Waals surface area contributed by atoms with Gasteiger partial charge in [-0.3, -0.25) is 9.48 Å². The van der Waals surface area contributed by atoms with E-state index in [1.165, 1.54) is 0 Å². The molecule has 14 heavy (non-hydrogen) atoms. The van der Waals surface area contributed by atoms with Crippen LogP contribution in [0.2, 0.25) is 0 Å². The first-order valence-corrected chi connectivity index (χ1v) is 4.86. The van der Waals surface area contributed by atoms with E-state index in [9.17, 15) is 4.79 Å². The monoisotopic (exact) mass is 192 g/mol. The molecule has 1 rings (SSSR count). The van der Waals surface area contributed by atoms with Crippen molar-refractivity contribution < 1.29 is 4.79 Å². The maximum absolute atomic E-state index is 10.8. The number of carbonyl (C=O) groups is 1. The molecule has 0 radical (unpaired) electrons. The van der Waals surface area contributed by atoms with Gasteiger partial charge in [-0.2, -0.15) is 5.10 Å². The van der Waals surface area contributed by atoms with Crippen LogP contribution in [0.5, 0.6) is 0 Å². The third-order valence-electron chi connectivity index (χ3n) is 2.26. The largest absolute Gasteiger partial charge is 0.298 e. The Morgan fingerprint density at radius 2 is 2.43 bits per heavy atom. The minimum absolute atomic E-state index is 0.264. The molecular weight excluding hydrogens is 176 g/mol. The highest BCUT2D eigenvalue weighted by molar-refractivity contribution is 5.76. The summed E-state index contributed by atoms with van der Waals surface area (Å²) in [7, 11) is 0. The minimum atomic E-state index is 0.264. The van der Waals surface area contributed by atoms with E-state index in [-0.39, 0.29) is 5.92 Å². The number of carbonyl (C=O) groups excluding carboxylic acids is 1. The van der Waals surface area contributed by atoms with Crippen molar-refractivity contribution in [1.82, 2.24) is 9.78 Å². The first-order valence-electron chi connectivity index (χ1n) is 4.86. The molecule has 1 heterocycles. The third kappa shape index (κ3) is 2.10. The van der Waals surface area contributed by atoms with Crippen LogP contribution in [0, 0.1) is 0 Å². The van der Waals surface area contributed by atoms with Crippen LogP contribution in [0.4, 0.5) is 0 Å². The van der Waals surface area contributed by atoms with Gasteiger partial charge in [0, 0.05) is 18.7 Å². The van der Waals surface area contributed by atoms with E-state index < -0.39 is 0 Å².